The van der Waals surface area contributed by atoms with Gasteiger partial charge in [0.15, 0.2) is 0 Å². The lowest BCUT2D eigenvalue weighted by Gasteiger charge is -1.95. The van der Waals surface area contributed by atoms with Crippen LogP contribution in [0, 0.1) is 12.3 Å². The van der Waals surface area contributed by atoms with Gasteiger partial charge < -0.3 is 0 Å². The van der Waals surface area contributed by atoms with Crippen LogP contribution >= 0.6 is 0 Å². The molecule has 2 heteroatoms. The molecule has 0 bridgehead atoms. The molecule has 1 rings (SSSR count). The van der Waals surface area contributed by atoms with Crippen LogP contribution in [-0.4, -0.2) is 10.2 Å². The zero-order valence-electron chi connectivity index (χ0n) is 7.43. The second-order valence-electron chi connectivity index (χ2n) is 2.86. The van der Waals surface area contributed by atoms with Gasteiger partial charge in [-0.15, -0.1) is 6.42 Å². The molecule has 1 heterocycles. The molecule has 0 atom stereocenters. The topological polar surface area (TPSA) is 28.7 Å². The molecule has 0 fully saturated rings. The molecule has 1 aromatic heterocycles. The van der Waals surface area contributed by atoms with Crippen molar-refractivity contribution >= 4 is 0 Å². The van der Waals surface area contributed by atoms with Gasteiger partial charge >= 0.3 is 0 Å². The van der Waals surface area contributed by atoms with E-state index in [0.717, 1.165) is 12.1 Å². The molecule has 64 valence electrons. The van der Waals surface area contributed by atoms with Crippen LogP contribution in [0.4, 0.5) is 0 Å². The number of hydrogen-bond acceptors (Lipinski definition) is 1. The lowest BCUT2D eigenvalue weighted by Crippen LogP contribution is -1.86. The standard InChI is InChI=1S/C10H14N2/c1-3-5-6-7-9-8-11-12-10(9)4-2/h2,8H,3,5-7H2,1H3,(H,11,12). The first-order chi connectivity index (χ1) is 5.88. The SMILES string of the molecule is C#Cc1n[nH]cc1CCCCC. The van der Waals surface area contributed by atoms with E-state index in [1.165, 1.54) is 24.8 Å². The summed E-state index contributed by atoms with van der Waals surface area (Å²) in [6.07, 6.45) is 11.9. The fourth-order valence-electron chi connectivity index (χ4n) is 1.20. The number of hydrogen-bond donors (Lipinski definition) is 1. The summed E-state index contributed by atoms with van der Waals surface area (Å²) in [6.45, 7) is 2.19. The van der Waals surface area contributed by atoms with E-state index in [9.17, 15) is 0 Å². The fraction of sp³-hybridized carbons (Fsp3) is 0.500. The van der Waals surface area contributed by atoms with E-state index in [4.69, 9.17) is 6.42 Å². The highest BCUT2D eigenvalue weighted by molar-refractivity contribution is 5.31. The van der Waals surface area contributed by atoms with Crippen molar-refractivity contribution in [3.05, 3.63) is 17.5 Å². The van der Waals surface area contributed by atoms with Gasteiger partial charge in [-0.1, -0.05) is 19.8 Å². The Kier molecular flexibility index (Phi) is 3.40. The van der Waals surface area contributed by atoms with Gasteiger partial charge in [0.1, 0.15) is 5.69 Å². The predicted molar refractivity (Wildman–Crippen MR) is 49.8 cm³/mol. The molecule has 0 aliphatic carbocycles. The number of nitrogens with one attached hydrogen (secondary N) is 1. The van der Waals surface area contributed by atoms with Crippen molar-refractivity contribution in [1.29, 1.82) is 0 Å². The molecule has 0 aromatic carbocycles. The average Bonchev–Trinajstić information content (AvgIpc) is 2.52. The zero-order chi connectivity index (χ0) is 8.81. The number of aromatic nitrogens is 2. The van der Waals surface area contributed by atoms with Gasteiger partial charge in [0.25, 0.3) is 0 Å². The van der Waals surface area contributed by atoms with E-state index in [0.29, 0.717) is 0 Å². The largest absolute Gasteiger partial charge is 0.284 e. The lowest BCUT2D eigenvalue weighted by atomic mass is 10.1. The third-order valence-corrected chi connectivity index (χ3v) is 1.91. The van der Waals surface area contributed by atoms with Crippen LogP contribution in [0.15, 0.2) is 6.20 Å². The number of unbranched alkanes of at least 4 members (excludes halogenated alkanes) is 2. The smallest absolute Gasteiger partial charge is 0.137 e. The molecule has 0 radical (unpaired) electrons. The molecule has 0 spiro atoms. The van der Waals surface area contributed by atoms with Crippen LogP contribution in [0.25, 0.3) is 0 Å². The normalized spacial score (nSPS) is 9.67. The summed E-state index contributed by atoms with van der Waals surface area (Å²) >= 11 is 0. The molecular weight excluding hydrogens is 148 g/mol. The summed E-state index contributed by atoms with van der Waals surface area (Å²) in [5, 5.41) is 6.74. The van der Waals surface area contributed by atoms with Crippen molar-refractivity contribution in [3.63, 3.8) is 0 Å². The Morgan fingerprint density at radius 3 is 3.08 bits per heavy atom. The van der Waals surface area contributed by atoms with Crippen LogP contribution in [0.5, 0.6) is 0 Å². The molecule has 0 saturated heterocycles. The molecular formula is C10H14N2. The monoisotopic (exact) mass is 162 g/mol. The van der Waals surface area contributed by atoms with Gasteiger partial charge in [0, 0.05) is 11.8 Å². The third kappa shape index (κ3) is 2.13. The van der Waals surface area contributed by atoms with Crippen LogP contribution < -0.4 is 0 Å². The number of terminal acetylenes is 1. The second kappa shape index (κ2) is 4.61. The Morgan fingerprint density at radius 1 is 1.58 bits per heavy atom. The Morgan fingerprint density at radius 2 is 2.42 bits per heavy atom. The lowest BCUT2D eigenvalue weighted by molar-refractivity contribution is 0.717. The van der Waals surface area contributed by atoms with Crippen LogP contribution in [0.2, 0.25) is 0 Å². The summed E-state index contributed by atoms with van der Waals surface area (Å²) in [4.78, 5) is 0. The van der Waals surface area contributed by atoms with Gasteiger partial charge in [-0.3, -0.25) is 5.10 Å². The Labute approximate surface area is 73.4 Å². The average molecular weight is 162 g/mol. The first-order valence-electron chi connectivity index (χ1n) is 4.37. The number of H-pyrrole nitrogens is 1. The van der Waals surface area contributed by atoms with E-state index in [1.54, 1.807) is 0 Å². The Hall–Kier alpha value is -1.23. The van der Waals surface area contributed by atoms with Gasteiger partial charge in [0.05, 0.1) is 0 Å². The third-order valence-electron chi connectivity index (χ3n) is 1.91. The van der Waals surface area contributed by atoms with Crippen LogP contribution in [0.3, 0.4) is 0 Å². The van der Waals surface area contributed by atoms with Gasteiger partial charge in [0.2, 0.25) is 0 Å². The fourth-order valence-corrected chi connectivity index (χ4v) is 1.20. The molecule has 0 aliphatic rings. The van der Waals surface area contributed by atoms with Crippen molar-refractivity contribution in [3.8, 4) is 12.3 Å². The minimum absolute atomic E-state index is 0.770. The molecule has 0 saturated carbocycles. The minimum Gasteiger partial charge on any atom is -0.284 e. The Balaban J connectivity index is 2.46. The van der Waals surface area contributed by atoms with Gasteiger partial charge in [-0.2, -0.15) is 5.10 Å². The zero-order valence-corrected chi connectivity index (χ0v) is 7.43. The number of rotatable bonds is 4. The molecule has 0 amide bonds. The quantitative estimate of drug-likeness (QED) is 0.533. The highest BCUT2D eigenvalue weighted by atomic mass is 15.1. The van der Waals surface area contributed by atoms with E-state index in [-0.39, 0.29) is 0 Å². The summed E-state index contributed by atoms with van der Waals surface area (Å²) in [7, 11) is 0. The molecule has 1 N–H and O–H groups in total. The van der Waals surface area contributed by atoms with E-state index in [2.05, 4.69) is 23.0 Å². The van der Waals surface area contributed by atoms with Crippen molar-refractivity contribution < 1.29 is 0 Å². The van der Waals surface area contributed by atoms with Gasteiger partial charge in [-0.05, 0) is 18.8 Å². The molecule has 0 unspecified atom stereocenters. The van der Waals surface area contributed by atoms with Crippen molar-refractivity contribution in [2.75, 3.05) is 0 Å². The maximum atomic E-state index is 5.27. The highest BCUT2D eigenvalue weighted by Gasteiger charge is 2.00. The minimum atomic E-state index is 0.770. The second-order valence-corrected chi connectivity index (χ2v) is 2.86. The van der Waals surface area contributed by atoms with Crippen LogP contribution in [-0.2, 0) is 6.42 Å². The predicted octanol–water partition coefficient (Wildman–Crippen LogP) is 2.12. The van der Waals surface area contributed by atoms with Crippen molar-refractivity contribution in [2.45, 2.75) is 32.6 Å². The summed E-state index contributed by atoms with van der Waals surface area (Å²) in [5.74, 6) is 2.56. The van der Waals surface area contributed by atoms with E-state index >= 15 is 0 Å². The summed E-state index contributed by atoms with van der Waals surface area (Å²) in [5.41, 5.74) is 1.94. The molecule has 1 aromatic rings. The molecule has 2 nitrogen and oxygen atoms in total. The van der Waals surface area contributed by atoms with Crippen LogP contribution in [0.1, 0.15) is 37.4 Å². The van der Waals surface area contributed by atoms with E-state index < -0.39 is 0 Å². The highest BCUT2D eigenvalue weighted by Crippen LogP contribution is 2.08. The number of nitrogens with zero attached hydrogens (tertiary/aromatic N) is 1. The summed E-state index contributed by atoms with van der Waals surface area (Å²) in [6, 6.07) is 0. The maximum absolute atomic E-state index is 5.27. The Bertz CT molecular complexity index is 268. The molecule has 12 heavy (non-hydrogen) atoms. The van der Waals surface area contributed by atoms with E-state index in [1.807, 2.05) is 6.20 Å². The number of aromatic amines is 1. The summed E-state index contributed by atoms with van der Waals surface area (Å²) < 4.78 is 0. The first-order valence-corrected chi connectivity index (χ1v) is 4.37. The van der Waals surface area contributed by atoms with Crippen molar-refractivity contribution in [2.24, 2.45) is 0 Å². The maximum Gasteiger partial charge on any atom is 0.137 e. The first kappa shape index (κ1) is 8.86. The number of aryl methyl sites for hydroxylation is 1. The van der Waals surface area contributed by atoms with Gasteiger partial charge in [-0.25, -0.2) is 0 Å². The van der Waals surface area contributed by atoms with Crippen molar-refractivity contribution in [1.82, 2.24) is 10.2 Å². The molecule has 0 aliphatic heterocycles.